The standard InChI is InChI=1S/C11H13F3O2/c12-9-3-1-2-8(6-9)10(15)4-5-16-7-11(13)14/h1-3,6,10-11,15H,4-5,7H2. The highest BCUT2D eigenvalue weighted by molar-refractivity contribution is 5.18. The predicted octanol–water partition coefficient (Wildman–Crippen LogP) is 2.53. The summed E-state index contributed by atoms with van der Waals surface area (Å²) in [6.45, 7) is -0.627. The van der Waals surface area contributed by atoms with Crippen LogP contribution in [0.2, 0.25) is 0 Å². The van der Waals surface area contributed by atoms with Gasteiger partial charge in [0.15, 0.2) is 0 Å². The lowest BCUT2D eigenvalue weighted by Crippen LogP contribution is -2.08. The number of benzene rings is 1. The van der Waals surface area contributed by atoms with Crippen LogP contribution in [0.15, 0.2) is 24.3 Å². The van der Waals surface area contributed by atoms with Crippen LogP contribution in [0.3, 0.4) is 0 Å². The van der Waals surface area contributed by atoms with Gasteiger partial charge in [0.1, 0.15) is 12.4 Å². The molecule has 1 aromatic rings. The Kier molecular flexibility index (Phi) is 5.28. The number of aliphatic hydroxyl groups is 1. The third-order valence-electron chi connectivity index (χ3n) is 2.01. The van der Waals surface area contributed by atoms with Crippen molar-refractivity contribution in [1.82, 2.24) is 0 Å². The highest BCUT2D eigenvalue weighted by Crippen LogP contribution is 2.17. The fourth-order valence-electron chi connectivity index (χ4n) is 1.25. The third kappa shape index (κ3) is 4.63. The van der Waals surface area contributed by atoms with Crippen molar-refractivity contribution >= 4 is 0 Å². The van der Waals surface area contributed by atoms with E-state index in [0.717, 1.165) is 0 Å². The number of halogens is 3. The molecule has 5 heteroatoms. The average molecular weight is 234 g/mol. The molecule has 0 aliphatic heterocycles. The summed E-state index contributed by atoms with van der Waals surface area (Å²) in [6.07, 6.45) is -3.24. The van der Waals surface area contributed by atoms with E-state index in [1.165, 1.54) is 18.2 Å². The summed E-state index contributed by atoms with van der Waals surface area (Å²) < 4.78 is 40.8. The first-order valence-corrected chi connectivity index (χ1v) is 4.89. The molecular formula is C11H13F3O2. The lowest BCUT2D eigenvalue weighted by atomic mass is 10.1. The van der Waals surface area contributed by atoms with Crippen molar-refractivity contribution in [3.05, 3.63) is 35.6 Å². The summed E-state index contributed by atoms with van der Waals surface area (Å²) in [7, 11) is 0. The van der Waals surface area contributed by atoms with Crippen LogP contribution in [0, 0.1) is 5.82 Å². The molecular weight excluding hydrogens is 221 g/mol. The molecule has 1 atom stereocenters. The molecule has 0 aliphatic rings. The summed E-state index contributed by atoms with van der Waals surface area (Å²) in [5.41, 5.74) is 0.417. The molecule has 1 N–H and O–H groups in total. The molecule has 1 rings (SSSR count). The van der Waals surface area contributed by atoms with Crippen LogP contribution in [0.5, 0.6) is 0 Å². The molecule has 0 radical (unpaired) electrons. The van der Waals surface area contributed by atoms with Crippen molar-refractivity contribution in [2.45, 2.75) is 19.0 Å². The van der Waals surface area contributed by atoms with Crippen molar-refractivity contribution in [2.24, 2.45) is 0 Å². The van der Waals surface area contributed by atoms with Crippen molar-refractivity contribution in [3.63, 3.8) is 0 Å². The molecule has 0 spiro atoms. The second-order valence-corrected chi connectivity index (χ2v) is 3.33. The zero-order chi connectivity index (χ0) is 12.0. The summed E-state index contributed by atoms with van der Waals surface area (Å²) >= 11 is 0. The minimum Gasteiger partial charge on any atom is -0.388 e. The first kappa shape index (κ1) is 13.0. The topological polar surface area (TPSA) is 29.5 Å². The Bertz CT molecular complexity index is 318. The van der Waals surface area contributed by atoms with Crippen molar-refractivity contribution in [1.29, 1.82) is 0 Å². The molecule has 1 unspecified atom stereocenters. The van der Waals surface area contributed by atoms with Gasteiger partial charge >= 0.3 is 0 Å². The van der Waals surface area contributed by atoms with Gasteiger partial charge in [-0.1, -0.05) is 12.1 Å². The van der Waals surface area contributed by atoms with Gasteiger partial charge in [-0.3, -0.25) is 0 Å². The van der Waals surface area contributed by atoms with E-state index in [4.69, 9.17) is 0 Å². The lowest BCUT2D eigenvalue weighted by Gasteiger charge is -2.11. The molecule has 2 nitrogen and oxygen atoms in total. The molecule has 0 saturated heterocycles. The minimum atomic E-state index is -2.51. The molecule has 0 aliphatic carbocycles. The largest absolute Gasteiger partial charge is 0.388 e. The molecule has 0 fully saturated rings. The third-order valence-corrected chi connectivity index (χ3v) is 2.01. The lowest BCUT2D eigenvalue weighted by molar-refractivity contribution is 0.00479. The molecule has 0 bridgehead atoms. The fraction of sp³-hybridized carbons (Fsp3) is 0.455. The van der Waals surface area contributed by atoms with Crippen LogP contribution >= 0.6 is 0 Å². The van der Waals surface area contributed by atoms with Crippen LogP contribution in [0.4, 0.5) is 13.2 Å². The van der Waals surface area contributed by atoms with E-state index in [0.29, 0.717) is 5.56 Å². The van der Waals surface area contributed by atoms with E-state index >= 15 is 0 Å². The monoisotopic (exact) mass is 234 g/mol. The first-order valence-electron chi connectivity index (χ1n) is 4.89. The number of alkyl halides is 2. The average Bonchev–Trinajstić information content (AvgIpc) is 2.24. The molecule has 0 heterocycles. The van der Waals surface area contributed by atoms with Gasteiger partial charge in [-0.25, -0.2) is 13.2 Å². The van der Waals surface area contributed by atoms with E-state index in [-0.39, 0.29) is 13.0 Å². The van der Waals surface area contributed by atoms with Crippen LogP contribution in [-0.4, -0.2) is 24.7 Å². The van der Waals surface area contributed by atoms with E-state index in [1.807, 2.05) is 0 Å². The fourth-order valence-corrected chi connectivity index (χ4v) is 1.25. The molecule has 0 aromatic heterocycles. The Hall–Kier alpha value is -1.07. The number of hydrogen-bond acceptors (Lipinski definition) is 2. The van der Waals surface area contributed by atoms with Gasteiger partial charge in [0.25, 0.3) is 6.43 Å². The zero-order valence-corrected chi connectivity index (χ0v) is 8.57. The van der Waals surface area contributed by atoms with Crippen LogP contribution < -0.4 is 0 Å². The van der Waals surface area contributed by atoms with Crippen molar-refractivity contribution in [2.75, 3.05) is 13.2 Å². The van der Waals surface area contributed by atoms with Gasteiger partial charge in [-0.2, -0.15) is 0 Å². The Morgan fingerprint density at radius 2 is 2.06 bits per heavy atom. The maximum absolute atomic E-state index is 12.8. The summed E-state index contributed by atoms with van der Waals surface area (Å²) in [5, 5.41) is 9.58. The quantitative estimate of drug-likeness (QED) is 0.766. The predicted molar refractivity (Wildman–Crippen MR) is 52.8 cm³/mol. The Labute approximate surface area is 91.7 Å². The molecule has 0 saturated carbocycles. The number of rotatable bonds is 6. The van der Waals surface area contributed by atoms with Crippen molar-refractivity contribution in [3.8, 4) is 0 Å². The zero-order valence-electron chi connectivity index (χ0n) is 8.57. The van der Waals surface area contributed by atoms with E-state index < -0.39 is 25.0 Å². The highest BCUT2D eigenvalue weighted by Gasteiger charge is 2.09. The normalized spacial score (nSPS) is 13.1. The Morgan fingerprint density at radius 1 is 1.31 bits per heavy atom. The highest BCUT2D eigenvalue weighted by atomic mass is 19.3. The van der Waals surface area contributed by atoms with E-state index in [1.54, 1.807) is 6.07 Å². The van der Waals surface area contributed by atoms with Gasteiger partial charge in [-0.05, 0) is 17.7 Å². The molecule has 90 valence electrons. The number of hydrogen-bond donors (Lipinski definition) is 1. The number of aliphatic hydroxyl groups excluding tert-OH is 1. The van der Waals surface area contributed by atoms with Gasteiger partial charge in [-0.15, -0.1) is 0 Å². The maximum atomic E-state index is 12.8. The minimum absolute atomic E-state index is 0.0159. The van der Waals surface area contributed by atoms with E-state index in [9.17, 15) is 18.3 Å². The van der Waals surface area contributed by atoms with Gasteiger partial charge in [0.05, 0.1) is 6.10 Å². The second kappa shape index (κ2) is 6.50. The first-order chi connectivity index (χ1) is 7.59. The van der Waals surface area contributed by atoms with Gasteiger partial charge in [0.2, 0.25) is 0 Å². The molecule has 0 amide bonds. The summed E-state index contributed by atoms with van der Waals surface area (Å²) in [5.74, 6) is -0.440. The van der Waals surface area contributed by atoms with Crippen molar-refractivity contribution < 1.29 is 23.0 Å². The SMILES string of the molecule is OC(CCOCC(F)F)c1cccc(F)c1. The summed E-state index contributed by atoms with van der Waals surface area (Å²) in [4.78, 5) is 0. The number of ether oxygens (including phenoxy) is 1. The Balaban J connectivity index is 2.32. The Morgan fingerprint density at radius 3 is 2.69 bits per heavy atom. The molecule has 1 aromatic carbocycles. The van der Waals surface area contributed by atoms with Gasteiger partial charge in [0, 0.05) is 13.0 Å². The maximum Gasteiger partial charge on any atom is 0.261 e. The summed E-state index contributed by atoms with van der Waals surface area (Å²) in [6, 6.07) is 5.52. The second-order valence-electron chi connectivity index (χ2n) is 3.33. The van der Waals surface area contributed by atoms with E-state index in [2.05, 4.69) is 4.74 Å². The smallest absolute Gasteiger partial charge is 0.261 e. The molecule has 16 heavy (non-hydrogen) atoms. The van der Waals surface area contributed by atoms with Crippen LogP contribution in [0.1, 0.15) is 18.1 Å². The van der Waals surface area contributed by atoms with Crippen LogP contribution in [0.25, 0.3) is 0 Å². The van der Waals surface area contributed by atoms with Crippen LogP contribution in [-0.2, 0) is 4.74 Å². The van der Waals surface area contributed by atoms with Gasteiger partial charge < -0.3 is 9.84 Å².